The lowest BCUT2D eigenvalue weighted by atomic mass is 9.78. The normalized spacial score (nSPS) is 30.4. The van der Waals surface area contributed by atoms with Gasteiger partial charge in [0.1, 0.15) is 11.6 Å². The van der Waals surface area contributed by atoms with Gasteiger partial charge in [0, 0.05) is 6.54 Å². The molecule has 2 aliphatic carbocycles. The first-order chi connectivity index (χ1) is 10.0. The standard InChI is InChI=1S/C17H28N2O2/c1-3-7-16(10-11-16)12-19-13(2)14(20)18-17(15(19)21)8-5-4-6-9-17/h13H,3-12H2,1-2H3,(H,18,20). The lowest BCUT2D eigenvalue weighted by Gasteiger charge is -2.47. The highest BCUT2D eigenvalue weighted by Gasteiger charge is 2.53. The van der Waals surface area contributed by atoms with E-state index in [-0.39, 0.29) is 17.9 Å². The highest BCUT2D eigenvalue weighted by molar-refractivity contribution is 5.99. The first kappa shape index (κ1) is 14.9. The topological polar surface area (TPSA) is 49.4 Å². The fourth-order valence-corrected chi connectivity index (χ4v) is 4.24. The summed E-state index contributed by atoms with van der Waals surface area (Å²) in [5, 5.41) is 3.07. The van der Waals surface area contributed by atoms with Crippen LogP contribution in [0.15, 0.2) is 0 Å². The zero-order valence-corrected chi connectivity index (χ0v) is 13.4. The number of amides is 2. The van der Waals surface area contributed by atoms with Crippen LogP contribution >= 0.6 is 0 Å². The molecule has 3 fully saturated rings. The largest absolute Gasteiger partial charge is 0.340 e. The molecule has 2 amide bonds. The molecule has 0 bridgehead atoms. The Hall–Kier alpha value is -1.06. The van der Waals surface area contributed by atoms with E-state index in [0.29, 0.717) is 5.41 Å². The average molecular weight is 292 g/mol. The van der Waals surface area contributed by atoms with Crippen molar-refractivity contribution in [3.63, 3.8) is 0 Å². The molecule has 0 radical (unpaired) electrons. The smallest absolute Gasteiger partial charge is 0.249 e. The predicted molar refractivity (Wildman–Crippen MR) is 81.7 cm³/mol. The van der Waals surface area contributed by atoms with Crippen LogP contribution in [-0.2, 0) is 9.59 Å². The van der Waals surface area contributed by atoms with Gasteiger partial charge < -0.3 is 10.2 Å². The number of hydrogen-bond donors (Lipinski definition) is 1. The van der Waals surface area contributed by atoms with Crippen LogP contribution in [0.5, 0.6) is 0 Å². The molecule has 0 aromatic carbocycles. The van der Waals surface area contributed by atoms with Crippen LogP contribution in [0, 0.1) is 5.41 Å². The summed E-state index contributed by atoms with van der Waals surface area (Å²) in [6.45, 7) is 4.87. The van der Waals surface area contributed by atoms with Crippen LogP contribution in [-0.4, -0.2) is 34.8 Å². The average Bonchev–Trinajstić information content (AvgIpc) is 3.23. The van der Waals surface area contributed by atoms with E-state index in [1.165, 1.54) is 25.7 Å². The monoisotopic (exact) mass is 292 g/mol. The Labute approximate surface area is 127 Å². The van der Waals surface area contributed by atoms with Crippen molar-refractivity contribution in [2.24, 2.45) is 5.41 Å². The number of nitrogens with one attached hydrogen (secondary N) is 1. The Balaban J connectivity index is 1.80. The predicted octanol–water partition coefficient (Wildman–Crippen LogP) is 2.62. The minimum atomic E-state index is -0.579. The number of carbonyl (C=O) groups is 2. The maximum absolute atomic E-state index is 13.1. The molecule has 0 aromatic heterocycles. The number of rotatable bonds is 4. The van der Waals surface area contributed by atoms with Crippen LogP contribution in [0.4, 0.5) is 0 Å². The Bertz CT molecular complexity index is 436. The molecule has 3 rings (SSSR count). The van der Waals surface area contributed by atoms with E-state index in [4.69, 9.17) is 0 Å². The maximum atomic E-state index is 13.1. The van der Waals surface area contributed by atoms with Gasteiger partial charge in [-0.3, -0.25) is 9.59 Å². The van der Waals surface area contributed by atoms with Gasteiger partial charge >= 0.3 is 0 Å². The summed E-state index contributed by atoms with van der Waals surface area (Å²) in [7, 11) is 0. The summed E-state index contributed by atoms with van der Waals surface area (Å²) in [5.74, 6) is 0.237. The Kier molecular flexibility index (Phi) is 3.74. The van der Waals surface area contributed by atoms with E-state index in [2.05, 4.69) is 12.2 Å². The van der Waals surface area contributed by atoms with Crippen LogP contribution in [0.2, 0.25) is 0 Å². The minimum absolute atomic E-state index is 0.0452. The molecule has 4 nitrogen and oxygen atoms in total. The second kappa shape index (κ2) is 5.29. The van der Waals surface area contributed by atoms with Crippen LogP contribution in [0.25, 0.3) is 0 Å². The van der Waals surface area contributed by atoms with Crippen molar-refractivity contribution in [1.29, 1.82) is 0 Å². The third kappa shape index (κ3) is 2.58. The van der Waals surface area contributed by atoms with Gasteiger partial charge in [0.25, 0.3) is 0 Å². The Morgan fingerprint density at radius 1 is 1.14 bits per heavy atom. The molecule has 118 valence electrons. The summed E-state index contributed by atoms with van der Waals surface area (Å²) >= 11 is 0. The molecule has 1 unspecified atom stereocenters. The van der Waals surface area contributed by atoms with Gasteiger partial charge in [0.05, 0.1) is 0 Å². The lowest BCUT2D eigenvalue weighted by Crippen LogP contribution is -2.70. The van der Waals surface area contributed by atoms with E-state index in [0.717, 1.165) is 38.6 Å². The van der Waals surface area contributed by atoms with E-state index < -0.39 is 5.54 Å². The Morgan fingerprint density at radius 2 is 1.81 bits per heavy atom. The summed E-state index contributed by atoms with van der Waals surface area (Å²) in [5.41, 5.74) is -0.268. The zero-order chi connectivity index (χ0) is 15.1. The molecular formula is C17H28N2O2. The summed E-state index contributed by atoms with van der Waals surface area (Å²) in [6.07, 6.45) is 9.69. The molecular weight excluding hydrogens is 264 g/mol. The van der Waals surface area contributed by atoms with E-state index in [9.17, 15) is 9.59 Å². The van der Waals surface area contributed by atoms with E-state index >= 15 is 0 Å². The molecule has 0 aromatic rings. The van der Waals surface area contributed by atoms with Crippen molar-refractivity contribution >= 4 is 11.8 Å². The van der Waals surface area contributed by atoms with Crippen molar-refractivity contribution < 1.29 is 9.59 Å². The third-order valence-electron chi connectivity index (χ3n) is 5.83. The fourth-order valence-electron chi connectivity index (χ4n) is 4.24. The first-order valence-electron chi connectivity index (χ1n) is 8.65. The molecule has 1 atom stereocenters. The maximum Gasteiger partial charge on any atom is 0.249 e. The van der Waals surface area contributed by atoms with E-state index in [1.54, 1.807) is 0 Å². The van der Waals surface area contributed by atoms with Gasteiger partial charge in [-0.15, -0.1) is 0 Å². The van der Waals surface area contributed by atoms with Crippen LogP contribution < -0.4 is 5.32 Å². The van der Waals surface area contributed by atoms with Gasteiger partial charge in [-0.05, 0) is 44.4 Å². The number of piperazine rings is 1. The molecule has 1 spiro atoms. The zero-order valence-electron chi connectivity index (χ0n) is 13.4. The second-order valence-electron chi connectivity index (χ2n) is 7.49. The van der Waals surface area contributed by atoms with Crippen molar-refractivity contribution in [2.75, 3.05) is 6.54 Å². The molecule has 1 saturated heterocycles. The number of nitrogens with zero attached hydrogens (tertiary/aromatic N) is 1. The molecule has 21 heavy (non-hydrogen) atoms. The van der Waals surface area contributed by atoms with Crippen LogP contribution in [0.3, 0.4) is 0 Å². The number of carbonyl (C=O) groups excluding carboxylic acids is 2. The second-order valence-corrected chi connectivity index (χ2v) is 7.49. The molecule has 1 aliphatic heterocycles. The van der Waals surface area contributed by atoms with Crippen molar-refractivity contribution in [2.45, 2.75) is 83.2 Å². The summed E-state index contributed by atoms with van der Waals surface area (Å²) < 4.78 is 0. The van der Waals surface area contributed by atoms with Crippen LogP contribution in [0.1, 0.15) is 71.6 Å². The Morgan fingerprint density at radius 3 is 2.38 bits per heavy atom. The highest BCUT2D eigenvalue weighted by Crippen LogP contribution is 2.51. The quantitative estimate of drug-likeness (QED) is 0.866. The van der Waals surface area contributed by atoms with Gasteiger partial charge in [-0.2, -0.15) is 0 Å². The molecule has 2 saturated carbocycles. The lowest BCUT2D eigenvalue weighted by molar-refractivity contribution is -0.157. The van der Waals surface area contributed by atoms with Crippen molar-refractivity contribution in [1.82, 2.24) is 10.2 Å². The van der Waals surface area contributed by atoms with Crippen molar-refractivity contribution in [3.05, 3.63) is 0 Å². The minimum Gasteiger partial charge on any atom is -0.340 e. The fraction of sp³-hybridized carbons (Fsp3) is 0.882. The molecule has 1 heterocycles. The van der Waals surface area contributed by atoms with Crippen molar-refractivity contribution in [3.8, 4) is 0 Å². The van der Waals surface area contributed by atoms with Gasteiger partial charge in [0.15, 0.2) is 0 Å². The van der Waals surface area contributed by atoms with Gasteiger partial charge in [0.2, 0.25) is 11.8 Å². The molecule has 1 N–H and O–H groups in total. The molecule has 3 aliphatic rings. The third-order valence-corrected chi connectivity index (χ3v) is 5.83. The molecule has 4 heteroatoms. The van der Waals surface area contributed by atoms with Gasteiger partial charge in [-0.1, -0.05) is 32.6 Å². The van der Waals surface area contributed by atoms with E-state index in [1.807, 2.05) is 11.8 Å². The van der Waals surface area contributed by atoms with Gasteiger partial charge in [-0.25, -0.2) is 0 Å². The SMILES string of the molecule is CCCC1(CN2C(=O)C3(CCCCC3)NC(=O)C2C)CC1. The highest BCUT2D eigenvalue weighted by atomic mass is 16.2. The summed E-state index contributed by atoms with van der Waals surface area (Å²) in [4.78, 5) is 27.4. The number of hydrogen-bond acceptors (Lipinski definition) is 2. The first-order valence-corrected chi connectivity index (χ1v) is 8.65. The summed E-state index contributed by atoms with van der Waals surface area (Å²) in [6, 6.07) is -0.306.